The number of aryl methyl sites for hydroxylation is 1. The highest BCUT2D eigenvalue weighted by molar-refractivity contribution is 6.03. The van der Waals surface area contributed by atoms with Gasteiger partial charge in [-0.05, 0) is 48.9 Å². The Kier molecular flexibility index (Phi) is 3.31. The maximum absolute atomic E-state index is 12.4. The first-order valence-corrected chi connectivity index (χ1v) is 7.43. The van der Waals surface area contributed by atoms with Crippen LogP contribution in [0.15, 0.2) is 61.1 Å². The summed E-state index contributed by atoms with van der Waals surface area (Å²) in [7, 11) is 0. The monoisotopic (exact) mass is 318 g/mol. The van der Waals surface area contributed by atoms with Gasteiger partial charge < -0.3 is 0 Å². The summed E-state index contributed by atoms with van der Waals surface area (Å²) in [4.78, 5) is 12.4. The maximum Gasteiger partial charge on any atom is 0.258 e. The standard InChI is InChI=1S/C17H14N6O/c1-12-10-18-23(11-12)14-7-5-13(6-8-14)16(24)19-17-21-20-15-4-2-3-9-22(15)17/h2-11H,1H3,(H,19,21,24). The summed E-state index contributed by atoms with van der Waals surface area (Å²) in [5, 5.41) is 15.0. The Morgan fingerprint density at radius 3 is 2.67 bits per heavy atom. The van der Waals surface area contributed by atoms with Crippen molar-refractivity contribution in [3.63, 3.8) is 0 Å². The molecule has 3 aromatic heterocycles. The van der Waals surface area contributed by atoms with Crippen LogP contribution < -0.4 is 5.32 Å². The molecule has 0 aliphatic heterocycles. The SMILES string of the molecule is Cc1cnn(-c2ccc(C(=O)Nc3nnc4ccccn34)cc2)c1. The second-order valence-corrected chi connectivity index (χ2v) is 5.42. The molecular weight excluding hydrogens is 304 g/mol. The van der Waals surface area contributed by atoms with Gasteiger partial charge in [-0.1, -0.05) is 6.07 Å². The molecule has 0 bridgehead atoms. The molecule has 4 aromatic rings. The van der Waals surface area contributed by atoms with Crippen molar-refractivity contribution >= 4 is 17.5 Å². The quantitative estimate of drug-likeness (QED) is 0.629. The minimum atomic E-state index is -0.239. The zero-order chi connectivity index (χ0) is 16.5. The van der Waals surface area contributed by atoms with Gasteiger partial charge >= 0.3 is 0 Å². The van der Waals surface area contributed by atoms with Gasteiger partial charge in [-0.2, -0.15) is 5.10 Å². The van der Waals surface area contributed by atoms with Crippen LogP contribution in [-0.4, -0.2) is 30.3 Å². The highest BCUT2D eigenvalue weighted by atomic mass is 16.1. The molecule has 0 spiro atoms. The minimum absolute atomic E-state index is 0.239. The van der Waals surface area contributed by atoms with Crippen molar-refractivity contribution in [2.75, 3.05) is 5.32 Å². The number of nitrogens with one attached hydrogen (secondary N) is 1. The average molecular weight is 318 g/mol. The molecule has 1 amide bonds. The molecule has 1 N–H and O–H groups in total. The molecule has 7 nitrogen and oxygen atoms in total. The molecule has 0 unspecified atom stereocenters. The number of nitrogens with zero attached hydrogens (tertiary/aromatic N) is 5. The zero-order valence-corrected chi connectivity index (χ0v) is 12.9. The van der Waals surface area contributed by atoms with E-state index in [-0.39, 0.29) is 5.91 Å². The van der Waals surface area contributed by atoms with E-state index in [4.69, 9.17) is 0 Å². The first-order valence-electron chi connectivity index (χ1n) is 7.43. The first-order chi connectivity index (χ1) is 11.7. The molecule has 0 aliphatic carbocycles. The van der Waals surface area contributed by atoms with Crippen LogP contribution in [0.1, 0.15) is 15.9 Å². The average Bonchev–Trinajstić information content (AvgIpc) is 3.22. The smallest absolute Gasteiger partial charge is 0.258 e. The van der Waals surface area contributed by atoms with Crippen LogP contribution in [0.5, 0.6) is 0 Å². The van der Waals surface area contributed by atoms with Crippen molar-refractivity contribution in [2.45, 2.75) is 6.92 Å². The molecule has 1 aromatic carbocycles. The summed E-state index contributed by atoms with van der Waals surface area (Å²) in [5.41, 5.74) is 3.19. The Morgan fingerprint density at radius 1 is 1.08 bits per heavy atom. The number of benzene rings is 1. The van der Waals surface area contributed by atoms with Crippen LogP contribution in [0.25, 0.3) is 11.3 Å². The molecule has 3 heterocycles. The third kappa shape index (κ3) is 2.52. The molecular formula is C17H14N6O. The highest BCUT2D eigenvalue weighted by Crippen LogP contribution is 2.13. The summed E-state index contributed by atoms with van der Waals surface area (Å²) in [6.07, 6.45) is 5.52. The number of amides is 1. The first kappa shape index (κ1) is 14.1. The summed E-state index contributed by atoms with van der Waals surface area (Å²) >= 11 is 0. The van der Waals surface area contributed by atoms with Gasteiger partial charge in [0.25, 0.3) is 5.91 Å². The minimum Gasteiger partial charge on any atom is -0.290 e. The van der Waals surface area contributed by atoms with Crippen LogP contribution in [-0.2, 0) is 0 Å². The van der Waals surface area contributed by atoms with E-state index in [1.165, 1.54) is 0 Å². The Balaban J connectivity index is 1.56. The predicted molar refractivity (Wildman–Crippen MR) is 89.2 cm³/mol. The molecule has 0 aliphatic rings. The third-order valence-electron chi connectivity index (χ3n) is 3.64. The van der Waals surface area contributed by atoms with Gasteiger partial charge in [-0.25, -0.2) is 4.68 Å². The molecule has 0 saturated heterocycles. The van der Waals surface area contributed by atoms with Gasteiger partial charge in [-0.15, -0.1) is 10.2 Å². The van der Waals surface area contributed by atoms with E-state index in [1.54, 1.807) is 33.6 Å². The maximum atomic E-state index is 12.4. The van der Waals surface area contributed by atoms with Gasteiger partial charge in [0.1, 0.15) is 0 Å². The van der Waals surface area contributed by atoms with E-state index in [0.717, 1.165) is 11.3 Å². The number of carbonyl (C=O) groups is 1. The number of hydrogen-bond acceptors (Lipinski definition) is 4. The Hall–Kier alpha value is -3.48. The van der Waals surface area contributed by atoms with E-state index >= 15 is 0 Å². The Bertz CT molecular complexity index is 1010. The zero-order valence-electron chi connectivity index (χ0n) is 12.9. The van der Waals surface area contributed by atoms with Crippen molar-refractivity contribution in [1.82, 2.24) is 24.4 Å². The number of hydrogen-bond donors (Lipinski definition) is 1. The number of rotatable bonds is 3. The topological polar surface area (TPSA) is 77.1 Å². The van der Waals surface area contributed by atoms with Gasteiger partial charge in [0.2, 0.25) is 5.95 Å². The largest absolute Gasteiger partial charge is 0.290 e. The normalized spacial score (nSPS) is 10.9. The molecule has 7 heteroatoms. The lowest BCUT2D eigenvalue weighted by molar-refractivity contribution is 0.102. The second kappa shape index (κ2) is 5.62. The molecule has 118 valence electrons. The van der Waals surface area contributed by atoms with Crippen LogP contribution in [0.3, 0.4) is 0 Å². The molecule has 4 rings (SSSR count). The van der Waals surface area contributed by atoms with Crippen LogP contribution in [0, 0.1) is 6.92 Å². The molecule has 0 atom stereocenters. The Morgan fingerprint density at radius 2 is 1.92 bits per heavy atom. The van der Waals surface area contributed by atoms with Crippen molar-refractivity contribution < 1.29 is 4.79 Å². The van der Waals surface area contributed by atoms with Crippen molar-refractivity contribution in [1.29, 1.82) is 0 Å². The van der Waals surface area contributed by atoms with E-state index < -0.39 is 0 Å². The number of fused-ring (bicyclic) bond motifs is 1. The lowest BCUT2D eigenvalue weighted by atomic mass is 10.2. The van der Waals surface area contributed by atoms with Crippen LogP contribution in [0.2, 0.25) is 0 Å². The van der Waals surface area contributed by atoms with Gasteiger partial charge in [-0.3, -0.25) is 14.5 Å². The molecule has 0 saturated carbocycles. The van der Waals surface area contributed by atoms with E-state index in [9.17, 15) is 4.79 Å². The summed E-state index contributed by atoms with van der Waals surface area (Å²) in [5.74, 6) is 0.152. The number of anilines is 1. The van der Waals surface area contributed by atoms with Crippen molar-refractivity contribution in [3.8, 4) is 5.69 Å². The van der Waals surface area contributed by atoms with Crippen molar-refractivity contribution in [3.05, 3.63) is 72.2 Å². The fraction of sp³-hybridized carbons (Fsp3) is 0.0588. The van der Waals surface area contributed by atoms with Crippen LogP contribution in [0.4, 0.5) is 5.95 Å². The van der Waals surface area contributed by atoms with E-state index in [0.29, 0.717) is 17.2 Å². The summed E-state index contributed by atoms with van der Waals surface area (Å²) in [6, 6.07) is 12.8. The lowest BCUT2D eigenvalue weighted by Gasteiger charge is -2.05. The van der Waals surface area contributed by atoms with Crippen molar-refractivity contribution in [2.24, 2.45) is 0 Å². The lowest BCUT2D eigenvalue weighted by Crippen LogP contribution is -2.14. The highest BCUT2D eigenvalue weighted by Gasteiger charge is 2.11. The summed E-state index contributed by atoms with van der Waals surface area (Å²) < 4.78 is 3.49. The second-order valence-electron chi connectivity index (χ2n) is 5.42. The van der Waals surface area contributed by atoms with Gasteiger partial charge in [0, 0.05) is 18.0 Å². The van der Waals surface area contributed by atoms with E-state index in [2.05, 4.69) is 20.6 Å². The van der Waals surface area contributed by atoms with E-state index in [1.807, 2.05) is 43.5 Å². The third-order valence-corrected chi connectivity index (χ3v) is 3.64. The fourth-order valence-corrected chi connectivity index (χ4v) is 2.42. The summed E-state index contributed by atoms with van der Waals surface area (Å²) in [6.45, 7) is 1.98. The number of pyridine rings is 1. The predicted octanol–water partition coefficient (Wildman–Crippen LogP) is 2.48. The molecule has 0 radical (unpaired) electrons. The molecule has 0 fully saturated rings. The number of aromatic nitrogens is 5. The molecule has 24 heavy (non-hydrogen) atoms. The van der Waals surface area contributed by atoms with Gasteiger partial charge in [0.05, 0.1) is 11.9 Å². The van der Waals surface area contributed by atoms with Crippen LogP contribution >= 0.6 is 0 Å². The Labute approximate surface area is 137 Å². The van der Waals surface area contributed by atoms with Gasteiger partial charge in [0.15, 0.2) is 5.65 Å². The number of carbonyl (C=O) groups excluding carboxylic acids is 1. The fourth-order valence-electron chi connectivity index (χ4n) is 2.42.